The first-order valence-electron chi connectivity index (χ1n) is 7.26. The number of rotatable bonds is 4. The highest BCUT2D eigenvalue weighted by Crippen LogP contribution is 2.21. The summed E-state index contributed by atoms with van der Waals surface area (Å²) in [7, 11) is 0. The zero-order chi connectivity index (χ0) is 16.2. The summed E-state index contributed by atoms with van der Waals surface area (Å²) in [5.41, 5.74) is 4.37. The summed E-state index contributed by atoms with van der Waals surface area (Å²) in [6.07, 6.45) is 1.86. The van der Waals surface area contributed by atoms with Gasteiger partial charge in [-0.1, -0.05) is 24.3 Å². The number of imidazole rings is 1. The third kappa shape index (κ3) is 3.63. The highest BCUT2D eigenvalue weighted by molar-refractivity contribution is 5.92. The Morgan fingerprint density at radius 1 is 1.13 bits per heavy atom. The third-order valence-electron chi connectivity index (χ3n) is 3.55. The number of aromatic amines is 1. The molecule has 1 amide bonds. The number of carbonyl (C=O) groups excluding carboxylic acids is 1. The van der Waals surface area contributed by atoms with Crippen molar-refractivity contribution in [2.24, 2.45) is 0 Å². The third-order valence-corrected chi connectivity index (χ3v) is 3.55. The average molecular weight is 309 g/mol. The molecule has 0 aliphatic heterocycles. The molecule has 0 aliphatic rings. The average Bonchev–Trinajstić information content (AvgIpc) is 2.96. The molecular weight excluding hydrogens is 293 g/mol. The maximum atomic E-state index is 12.8. The second-order valence-electron chi connectivity index (χ2n) is 5.30. The first-order valence-corrected chi connectivity index (χ1v) is 7.26. The summed E-state index contributed by atoms with van der Waals surface area (Å²) in [4.78, 5) is 19.3. The summed E-state index contributed by atoms with van der Waals surface area (Å²) in [6, 6.07) is 13.4. The number of amides is 1. The van der Waals surface area contributed by atoms with Gasteiger partial charge in [-0.15, -0.1) is 0 Å². The number of aromatic nitrogens is 2. The molecule has 0 fully saturated rings. The van der Waals surface area contributed by atoms with E-state index in [9.17, 15) is 9.18 Å². The van der Waals surface area contributed by atoms with E-state index in [1.54, 1.807) is 18.5 Å². The summed E-state index contributed by atoms with van der Waals surface area (Å²) >= 11 is 0. The molecule has 1 aromatic heterocycles. The molecule has 2 N–H and O–H groups in total. The number of hydrogen-bond acceptors (Lipinski definition) is 2. The Morgan fingerprint density at radius 2 is 1.83 bits per heavy atom. The van der Waals surface area contributed by atoms with Crippen molar-refractivity contribution in [3.63, 3.8) is 0 Å². The summed E-state index contributed by atoms with van der Waals surface area (Å²) in [5, 5.41) is 2.83. The lowest BCUT2D eigenvalue weighted by atomic mass is 10.1. The lowest BCUT2D eigenvalue weighted by Gasteiger charge is -2.06. The minimum atomic E-state index is -0.307. The van der Waals surface area contributed by atoms with E-state index in [-0.39, 0.29) is 18.1 Å². The lowest BCUT2D eigenvalue weighted by molar-refractivity contribution is -0.115. The second kappa shape index (κ2) is 6.44. The Balaban J connectivity index is 1.65. The van der Waals surface area contributed by atoms with Crippen molar-refractivity contribution in [2.45, 2.75) is 13.3 Å². The molecule has 0 bridgehead atoms. The van der Waals surface area contributed by atoms with E-state index in [0.717, 1.165) is 22.5 Å². The van der Waals surface area contributed by atoms with Crippen molar-refractivity contribution >= 4 is 11.6 Å². The molecule has 0 radical (unpaired) electrons. The van der Waals surface area contributed by atoms with Crippen LogP contribution in [0.25, 0.3) is 11.3 Å². The fourth-order valence-electron chi connectivity index (χ4n) is 2.35. The van der Waals surface area contributed by atoms with Gasteiger partial charge in [0.15, 0.2) is 0 Å². The largest absolute Gasteiger partial charge is 0.348 e. The summed E-state index contributed by atoms with van der Waals surface area (Å²) in [6.45, 7) is 1.96. The first kappa shape index (κ1) is 15.0. The molecule has 3 rings (SSSR count). The van der Waals surface area contributed by atoms with Crippen molar-refractivity contribution in [1.29, 1.82) is 0 Å². The van der Waals surface area contributed by atoms with Crippen molar-refractivity contribution < 1.29 is 9.18 Å². The van der Waals surface area contributed by atoms with Crippen LogP contribution in [-0.4, -0.2) is 15.9 Å². The molecule has 0 spiro atoms. The van der Waals surface area contributed by atoms with E-state index in [2.05, 4.69) is 15.3 Å². The molecule has 5 heteroatoms. The predicted molar refractivity (Wildman–Crippen MR) is 87.5 cm³/mol. The van der Waals surface area contributed by atoms with Crippen LogP contribution in [0.2, 0.25) is 0 Å². The number of nitrogens with one attached hydrogen (secondary N) is 2. The van der Waals surface area contributed by atoms with Gasteiger partial charge >= 0.3 is 0 Å². The number of hydrogen-bond donors (Lipinski definition) is 2. The molecule has 0 unspecified atom stereocenters. The van der Waals surface area contributed by atoms with Crippen LogP contribution in [0.1, 0.15) is 11.3 Å². The standard InChI is InChI=1S/C18H16FN3O/c1-12-18(21-11-20-12)14-4-8-16(9-5-14)22-17(23)10-13-2-6-15(19)7-3-13/h2-9,11H,10H2,1H3,(H,20,21)(H,22,23). The number of carbonyl (C=O) groups is 1. The normalized spacial score (nSPS) is 10.5. The maximum Gasteiger partial charge on any atom is 0.228 e. The predicted octanol–water partition coefficient (Wildman–Crippen LogP) is 3.71. The zero-order valence-electron chi connectivity index (χ0n) is 12.6. The summed E-state index contributed by atoms with van der Waals surface area (Å²) in [5.74, 6) is -0.446. The van der Waals surface area contributed by atoms with Gasteiger partial charge in [-0.05, 0) is 36.8 Å². The fourth-order valence-corrected chi connectivity index (χ4v) is 2.35. The van der Waals surface area contributed by atoms with Crippen LogP contribution in [0.4, 0.5) is 10.1 Å². The van der Waals surface area contributed by atoms with Crippen LogP contribution < -0.4 is 5.32 Å². The number of anilines is 1. The first-order chi connectivity index (χ1) is 11.1. The van der Waals surface area contributed by atoms with Gasteiger partial charge in [0.1, 0.15) is 5.82 Å². The van der Waals surface area contributed by atoms with Gasteiger partial charge in [0.05, 0.1) is 18.4 Å². The van der Waals surface area contributed by atoms with E-state index in [0.29, 0.717) is 5.69 Å². The van der Waals surface area contributed by atoms with Gasteiger partial charge in [-0.3, -0.25) is 4.79 Å². The Morgan fingerprint density at radius 3 is 2.43 bits per heavy atom. The zero-order valence-corrected chi connectivity index (χ0v) is 12.6. The van der Waals surface area contributed by atoms with Gasteiger partial charge in [0.25, 0.3) is 0 Å². The summed E-state index contributed by atoms with van der Waals surface area (Å²) < 4.78 is 12.8. The Hall–Kier alpha value is -2.95. The Kier molecular flexibility index (Phi) is 4.19. The molecule has 0 atom stereocenters. The van der Waals surface area contributed by atoms with Crippen LogP contribution in [0.15, 0.2) is 54.9 Å². The lowest BCUT2D eigenvalue weighted by Crippen LogP contribution is -2.14. The van der Waals surface area contributed by atoms with Crippen molar-refractivity contribution in [3.8, 4) is 11.3 Å². The number of H-pyrrole nitrogens is 1. The van der Waals surface area contributed by atoms with Gasteiger partial charge in [-0.2, -0.15) is 0 Å². The number of nitrogens with zero attached hydrogens (tertiary/aromatic N) is 1. The Bertz CT molecular complexity index is 807. The molecule has 116 valence electrons. The monoisotopic (exact) mass is 309 g/mol. The molecule has 0 aliphatic carbocycles. The van der Waals surface area contributed by atoms with E-state index >= 15 is 0 Å². The van der Waals surface area contributed by atoms with Crippen LogP contribution >= 0.6 is 0 Å². The van der Waals surface area contributed by atoms with Gasteiger partial charge < -0.3 is 10.3 Å². The van der Waals surface area contributed by atoms with Crippen molar-refractivity contribution in [2.75, 3.05) is 5.32 Å². The molecule has 3 aromatic rings. The van der Waals surface area contributed by atoms with E-state index < -0.39 is 0 Å². The van der Waals surface area contributed by atoms with Gasteiger partial charge in [0, 0.05) is 16.9 Å². The van der Waals surface area contributed by atoms with Gasteiger partial charge in [-0.25, -0.2) is 9.37 Å². The number of benzene rings is 2. The smallest absolute Gasteiger partial charge is 0.228 e. The highest BCUT2D eigenvalue weighted by Gasteiger charge is 2.07. The molecule has 0 saturated carbocycles. The quantitative estimate of drug-likeness (QED) is 0.772. The van der Waals surface area contributed by atoms with E-state index in [1.165, 1.54) is 12.1 Å². The van der Waals surface area contributed by atoms with Gasteiger partial charge in [0.2, 0.25) is 5.91 Å². The second-order valence-corrected chi connectivity index (χ2v) is 5.30. The highest BCUT2D eigenvalue weighted by atomic mass is 19.1. The van der Waals surface area contributed by atoms with E-state index in [1.807, 2.05) is 31.2 Å². The molecule has 23 heavy (non-hydrogen) atoms. The molecule has 2 aromatic carbocycles. The number of aryl methyl sites for hydroxylation is 1. The van der Waals surface area contributed by atoms with E-state index in [4.69, 9.17) is 0 Å². The van der Waals surface area contributed by atoms with Crippen LogP contribution in [-0.2, 0) is 11.2 Å². The van der Waals surface area contributed by atoms with Crippen LogP contribution in [0.3, 0.4) is 0 Å². The fraction of sp³-hybridized carbons (Fsp3) is 0.111. The molecular formula is C18H16FN3O. The van der Waals surface area contributed by atoms with Crippen molar-refractivity contribution in [3.05, 3.63) is 71.9 Å². The minimum Gasteiger partial charge on any atom is -0.348 e. The number of halogens is 1. The Labute approximate surface area is 133 Å². The minimum absolute atomic E-state index is 0.139. The maximum absolute atomic E-state index is 12.8. The molecule has 4 nitrogen and oxygen atoms in total. The van der Waals surface area contributed by atoms with Crippen LogP contribution in [0.5, 0.6) is 0 Å². The van der Waals surface area contributed by atoms with Crippen molar-refractivity contribution in [1.82, 2.24) is 9.97 Å². The topological polar surface area (TPSA) is 57.8 Å². The molecule has 1 heterocycles. The molecule has 0 saturated heterocycles. The van der Waals surface area contributed by atoms with Crippen LogP contribution in [0, 0.1) is 12.7 Å². The SMILES string of the molecule is Cc1[nH]cnc1-c1ccc(NC(=O)Cc2ccc(F)cc2)cc1.